The van der Waals surface area contributed by atoms with Gasteiger partial charge < -0.3 is 20.5 Å². The third kappa shape index (κ3) is 5.83. The topological polar surface area (TPSA) is 70.6 Å². The van der Waals surface area contributed by atoms with Crippen molar-refractivity contribution in [2.45, 2.75) is 95.5 Å². The number of carbonyl (C=O) groups excluding carboxylic acids is 1. The largest absolute Gasteiger partial charge is 0.444 e. The van der Waals surface area contributed by atoms with Gasteiger partial charge in [-0.05, 0) is 65.7 Å². The molecule has 2 aliphatic carbocycles. The van der Waals surface area contributed by atoms with Crippen LogP contribution < -0.4 is 10.6 Å². The number of amides is 1. The molecule has 4 unspecified atom stereocenters. The smallest absolute Gasteiger partial charge is 0.407 e. The van der Waals surface area contributed by atoms with Crippen LogP contribution in [-0.2, 0) is 4.74 Å². The van der Waals surface area contributed by atoms with Crippen molar-refractivity contribution in [1.82, 2.24) is 10.6 Å². The number of carbonyl (C=O) groups is 1. The first-order chi connectivity index (χ1) is 9.82. The average Bonchev–Trinajstić information content (AvgIpc) is 2.73. The standard InChI is InChI=1S/C16H30N2O3/c1-16(2,3)21-15(20)18-13-8-7-12(9-13)17-11-5-4-6-14(19)10-11/h11-14,17,19H,4-10H2,1-3H3,(H,18,20). The Morgan fingerprint density at radius 1 is 1.05 bits per heavy atom. The molecule has 0 bridgehead atoms. The van der Waals surface area contributed by atoms with Crippen LogP contribution in [0.4, 0.5) is 4.79 Å². The van der Waals surface area contributed by atoms with Gasteiger partial charge in [-0.25, -0.2) is 4.79 Å². The zero-order valence-electron chi connectivity index (χ0n) is 13.5. The van der Waals surface area contributed by atoms with Gasteiger partial charge in [0.05, 0.1) is 6.10 Å². The summed E-state index contributed by atoms with van der Waals surface area (Å²) < 4.78 is 5.30. The highest BCUT2D eigenvalue weighted by Crippen LogP contribution is 2.24. The molecule has 21 heavy (non-hydrogen) atoms. The first-order valence-corrected chi connectivity index (χ1v) is 8.25. The molecule has 2 fully saturated rings. The minimum Gasteiger partial charge on any atom is -0.444 e. The molecule has 2 aliphatic rings. The van der Waals surface area contributed by atoms with Gasteiger partial charge in [0.1, 0.15) is 5.60 Å². The second kappa shape index (κ2) is 6.97. The van der Waals surface area contributed by atoms with Crippen LogP contribution in [0.5, 0.6) is 0 Å². The van der Waals surface area contributed by atoms with Crippen LogP contribution in [0.25, 0.3) is 0 Å². The molecule has 1 amide bonds. The maximum absolute atomic E-state index is 11.8. The van der Waals surface area contributed by atoms with Crippen molar-refractivity contribution < 1.29 is 14.6 Å². The summed E-state index contributed by atoms with van der Waals surface area (Å²) in [7, 11) is 0. The van der Waals surface area contributed by atoms with Crippen LogP contribution in [-0.4, -0.2) is 41.0 Å². The molecule has 0 saturated heterocycles. The summed E-state index contributed by atoms with van der Waals surface area (Å²) in [6, 6.07) is 1.07. The fourth-order valence-electron chi connectivity index (χ4n) is 3.39. The second-order valence-corrected chi connectivity index (χ2v) is 7.54. The Hall–Kier alpha value is -0.810. The number of nitrogens with one attached hydrogen (secondary N) is 2. The van der Waals surface area contributed by atoms with Crippen LogP contribution in [0, 0.1) is 0 Å². The lowest BCUT2D eigenvalue weighted by Crippen LogP contribution is -2.43. The summed E-state index contributed by atoms with van der Waals surface area (Å²) >= 11 is 0. The van der Waals surface area contributed by atoms with E-state index in [0.29, 0.717) is 12.1 Å². The number of rotatable bonds is 3. The van der Waals surface area contributed by atoms with E-state index in [4.69, 9.17) is 4.74 Å². The molecule has 0 aromatic heterocycles. The van der Waals surface area contributed by atoms with Crippen molar-refractivity contribution in [2.24, 2.45) is 0 Å². The molecule has 3 N–H and O–H groups in total. The summed E-state index contributed by atoms with van der Waals surface area (Å²) in [6.07, 6.45) is 6.61. The Balaban J connectivity index is 1.69. The Kier molecular flexibility index (Phi) is 5.49. The molecular formula is C16H30N2O3. The van der Waals surface area contributed by atoms with Crippen LogP contribution in [0.3, 0.4) is 0 Å². The molecule has 122 valence electrons. The van der Waals surface area contributed by atoms with Crippen LogP contribution >= 0.6 is 0 Å². The molecule has 0 heterocycles. The van der Waals surface area contributed by atoms with E-state index in [0.717, 1.165) is 44.9 Å². The van der Waals surface area contributed by atoms with E-state index >= 15 is 0 Å². The Morgan fingerprint density at radius 2 is 1.71 bits per heavy atom. The molecule has 5 nitrogen and oxygen atoms in total. The van der Waals surface area contributed by atoms with E-state index in [-0.39, 0.29) is 18.2 Å². The summed E-state index contributed by atoms with van der Waals surface area (Å²) in [6.45, 7) is 5.62. The van der Waals surface area contributed by atoms with E-state index < -0.39 is 5.60 Å². The minimum absolute atomic E-state index is 0.145. The molecule has 0 spiro atoms. The van der Waals surface area contributed by atoms with Crippen molar-refractivity contribution in [3.05, 3.63) is 0 Å². The predicted molar refractivity (Wildman–Crippen MR) is 82.2 cm³/mol. The summed E-state index contributed by atoms with van der Waals surface area (Å²) in [4.78, 5) is 11.8. The Morgan fingerprint density at radius 3 is 2.38 bits per heavy atom. The van der Waals surface area contributed by atoms with Gasteiger partial charge in [-0.2, -0.15) is 0 Å². The van der Waals surface area contributed by atoms with Crippen molar-refractivity contribution >= 4 is 6.09 Å². The van der Waals surface area contributed by atoms with Crippen molar-refractivity contribution in [3.63, 3.8) is 0 Å². The molecule has 2 rings (SSSR count). The number of aliphatic hydroxyl groups is 1. The normalized spacial score (nSPS) is 33.7. The van der Waals surface area contributed by atoms with Crippen LogP contribution in [0.15, 0.2) is 0 Å². The number of aliphatic hydroxyl groups excluding tert-OH is 1. The van der Waals surface area contributed by atoms with Crippen LogP contribution in [0.2, 0.25) is 0 Å². The van der Waals surface area contributed by atoms with Crippen LogP contribution in [0.1, 0.15) is 65.7 Å². The molecule has 5 heteroatoms. The lowest BCUT2D eigenvalue weighted by molar-refractivity contribution is 0.0505. The fourth-order valence-corrected chi connectivity index (χ4v) is 3.39. The van der Waals surface area contributed by atoms with Gasteiger partial charge >= 0.3 is 6.09 Å². The van der Waals surface area contributed by atoms with Gasteiger partial charge in [-0.15, -0.1) is 0 Å². The third-order valence-electron chi connectivity index (χ3n) is 4.27. The van der Waals surface area contributed by atoms with E-state index in [2.05, 4.69) is 10.6 Å². The Labute approximate surface area is 127 Å². The zero-order chi connectivity index (χ0) is 15.5. The first kappa shape index (κ1) is 16.6. The number of hydrogen-bond acceptors (Lipinski definition) is 4. The molecule has 2 saturated carbocycles. The molecule has 0 aromatic carbocycles. The van der Waals surface area contributed by atoms with Crippen molar-refractivity contribution in [2.75, 3.05) is 0 Å². The molecule has 0 radical (unpaired) electrons. The second-order valence-electron chi connectivity index (χ2n) is 7.54. The van der Waals surface area contributed by atoms with Crippen molar-refractivity contribution in [3.8, 4) is 0 Å². The van der Waals surface area contributed by atoms with E-state index in [1.165, 1.54) is 0 Å². The highest BCUT2D eigenvalue weighted by molar-refractivity contribution is 5.68. The lowest BCUT2D eigenvalue weighted by Gasteiger charge is -2.29. The first-order valence-electron chi connectivity index (χ1n) is 8.25. The van der Waals surface area contributed by atoms with E-state index in [9.17, 15) is 9.90 Å². The lowest BCUT2D eigenvalue weighted by atomic mass is 9.92. The molecule has 0 aromatic rings. The Bertz CT molecular complexity index is 354. The molecule has 0 aliphatic heterocycles. The number of alkyl carbamates (subject to hydrolysis) is 1. The fraction of sp³-hybridized carbons (Fsp3) is 0.938. The van der Waals surface area contributed by atoms with E-state index in [1.807, 2.05) is 20.8 Å². The maximum atomic E-state index is 11.8. The highest BCUT2D eigenvalue weighted by atomic mass is 16.6. The summed E-state index contributed by atoms with van der Waals surface area (Å²) in [5, 5.41) is 16.3. The van der Waals surface area contributed by atoms with Gasteiger partial charge in [-0.3, -0.25) is 0 Å². The number of hydrogen-bond donors (Lipinski definition) is 3. The van der Waals surface area contributed by atoms with Gasteiger partial charge in [0, 0.05) is 18.1 Å². The van der Waals surface area contributed by atoms with E-state index in [1.54, 1.807) is 0 Å². The monoisotopic (exact) mass is 298 g/mol. The summed E-state index contributed by atoms with van der Waals surface area (Å²) in [5.74, 6) is 0. The highest BCUT2D eigenvalue weighted by Gasteiger charge is 2.30. The SMILES string of the molecule is CC(C)(C)OC(=O)NC1CCC(NC2CCCC(O)C2)C1. The van der Waals surface area contributed by atoms with Gasteiger partial charge in [0.25, 0.3) is 0 Å². The third-order valence-corrected chi connectivity index (χ3v) is 4.27. The average molecular weight is 298 g/mol. The zero-order valence-corrected chi connectivity index (χ0v) is 13.5. The molecular weight excluding hydrogens is 268 g/mol. The quantitative estimate of drug-likeness (QED) is 0.748. The maximum Gasteiger partial charge on any atom is 0.407 e. The van der Waals surface area contributed by atoms with Gasteiger partial charge in [0.15, 0.2) is 0 Å². The number of ether oxygens (including phenoxy) is 1. The van der Waals surface area contributed by atoms with Gasteiger partial charge in [-0.1, -0.05) is 0 Å². The minimum atomic E-state index is -0.446. The predicted octanol–water partition coefficient (Wildman–Crippen LogP) is 2.33. The van der Waals surface area contributed by atoms with Gasteiger partial charge in [0.2, 0.25) is 0 Å². The molecule has 4 atom stereocenters. The van der Waals surface area contributed by atoms with Crippen molar-refractivity contribution in [1.29, 1.82) is 0 Å². The summed E-state index contributed by atoms with van der Waals surface area (Å²) in [5.41, 5.74) is -0.446.